The number of oxazole rings is 1. The Labute approximate surface area is 157 Å². The summed E-state index contributed by atoms with van der Waals surface area (Å²) in [7, 11) is 0. The molecule has 134 valence electrons. The van der Waals surface area contributed by atoms with Crippen molar-refractivity contribution in [1.29, 1.82) is 0 Å². The number of carbonyl (C=O) groups excluding carboxylic acids is 2. The first-order valence-corrected chi connectivity index (χ1v) is 8.69. The van der Waals surface area contributed by atoms with Gasteiger partial charge in [0.05, 0.1) is 17.7 Å². The maximum absolute atomic E-state index is 12.4. The van der Waals surface area contributed by atoms with Gasteiger partial charge in [-0.15, -0.1) is 0 Å². The van der Waals surface area contributed by atoms with Gasteiger partial charge in [0.25, 0.3) is 0 Å². The van der Waals surface area contributed by atoms with E-state index in [9.17, 15) is 14.4 Å². The van der Waals surface area contributed by atoms with E-state index in [0.717, 1.165) is 4.47 Å². The third-order valence-corrected chi connectivity index (χ3v) is 4.55. The number of aromatic nitrogens is 1. The van der Waals surface area contributed by atoms with Crippen molar-refractivity contribution < 1.29 is 14.0 Å². The van der Waals surface area contributed by atoms with Crippen molar-refractivity contribution in [1.82, 2.24) is 9.88 Å². The Kier molecular flexibility index (Phi) is 5.22. The van der Waals surface area contributed by atoms with Crippen LogP contribution in [-0.2, 0) is 9.59 Å². The summed E-state index contributed by atoms with van der Waals surface area (Å²) in [6.07, 6.45) is 0. The van der Waals surface area contributed by atoms with E-state index in [0.29, 0.717) is 16.8 Å². The molecule has 0 saturated carbocycles. The number of fused-ring (bicyclic) bond motifs is 1. The number of benzene rings is 2. The lowest BCUT2D eigenvalue weighted by Crippen LogP contribution is -2.38. The van der Waals surface area contributed by atoms with Crippen LogP contribution in [0.3, 0.4) is 0 Å². The normalized spacial score (nSPS) is 11.9. The van der Waals surface area contributed by atoms with Gasteiger partial charge in [-0.2, -0.15) is 0 Å². The van der Waals surface area contributed by atoms with E-state index in [1.807, 2.05) is 6.07 Å². The van der Waals surface area contributed by atoms with Crippen molar-refractivity contribution in [3.63, 3.8) is 0 Å². The van der Waals surface area contributed by atoms with Crippen molar-refractivity contribution >= 4 is 44.5 Å². The minimum Gasteiger partial charge on any atom is -0.408 e. The van der Waals surface area contributed by atoms with E-state index >= 15 is 0 Å². The SMILES string of the molecule is C[C@@H](C(=O)NCC(=O)Nc1ccccc1Br)n1c(=O)oc2ccccc21. The molecule has 0 aliphatic carbocycles. The maximum atomic E-state index is 12.4. The second-order valence-electron chi connectivity index (χ2n) is 5.63. The molecule has 3 aromatic rings. The van der Waals surface area contributed by atoms with E-state index in [-0.39, 0.29) is 12.5 Å². The van der Waals surface area contributed by atoms with Gasteiger partial charge < -0.3 is 15.1 Å². The van der Waals surface area contributed by atoms with Crippen LogP contribution in [0.1, 0.15) is 13.0 Å². The largest absolute Gasteiger partial charge is 0.420 e. The zero-order chi connectivity index (χ0) is 18.7. The molecule has 1 heterocycles. The first kappa shape index (κ1) is 17.9. The zero-order valence-electron chi connectivity index (χ0n) is 13.9. The highest BCUT2D eigenvalue weighted by Gasteiger charge is 2.21. The number of nitrogens with one attached hydrogen (secondary N) is 2. The van der Waals surface area contributed by atoms with Crippen LogP contribution in [0.15, 0.2) is 62.2 Å². The minimum absolute atomic E-state index is 0.213. The smallest absolute Gasteiger partial charge is 0.408 e. The fraction of sp³-hybridized carbons (Fsp3) is 0.167. The first-order valence-electron chi connectivity index (χ1n) is 7.89. The molecule has 1 aromatic heterocycles. The lowest BCUT2D eigenvalue weighted by Gasteiger charge is -2.13. The number of anilines is 1. The number of hydrogen-bond donors (Lipinski definition) is 2. The number of rotatable bonds is 5. The predicted molar refractivity (Wildman–Crippen MR) is 101 cm³/mol. The molecule has 3 rings (SSSR count). The fourth-order valence-corrected chi connectivity index (χ4v) is 2.92. The number of carbonyl (C=O) groups is 2. The third-order valence-electron chi connectivity index (χ3n) is 3.86. The number of para-hydroxylation sites is 3. The molecule has 8 heteroatoms. The molecule has 0 unspecified atom stereocenters. The van der Waals surface area contributed by atoms with Crippen LogP contribution >= 0.6 is 15.9 Å². The van der Waals surface area contributed by atoms with Gasteiger partial charge in [-0.25, -0.2) is 4.79 Å². The van der Waals surface area contributed by atoms with Crippen molar-refractivity contribution in [2.24, 2.45) is 0 Å². The van der Waals surface area contributed by atoms with Crippen LogP contribution in [0, 0.1) is 0 Å². The summed E-state index contributed by atoms with van der Waals surface area (Å²) in [6.45, 7) is 1.36. The standard InChI is InChI=1S/C18H16BrN3O4/c1-11(22-14-8-4-5-9-15(14)26-18(22)25)17(24)20-10-16(23)21-13-7-3-2-6-12(13)19/h2-9,11H,10H2,1H3,(H,20,24)(H,21,23)/t11-/m0/s1. The quantitative estimate of drug-likeness (QED) is 0.667. The molecule has 0 saturated heterocycles. The average molecular weight is 418 g/mol. The van der Waals surface area contributed by atoms with Gasteiger partial charge in [-0.1, -0.05) is 24.3 Å². The Hall–Kier alpha value is -2.87. The van der Waals surface area contributed by atoms with Crippen molar-refractivity contribution in [3.8, 4) is 0 Å². The summed E-state index contributed by atoms with van der Waals surface area (Å²) >= 11 is 3.33. The van der Waals surface area contributed by atoms with Gasteiger partial charge in [-0.3, -0.25) is 14.2 Å². The van der Waals surface area contributed by atoms with Gasteiger partial charge >= 0.3 is 5.76 Å². The number of halogens is 1. The molecule has 2 aromatic carbocycles. The number of amides is 2. The van der Waals surface area contributed by atoms with Crippen LogP contribution in [0.5, 0.6) is 0 Å². The molecule has 2 amide bonds. The molecular weight excluding hydrogens is 402 g/mol. The monoisotopic (exact) mass is 417 g/mol. The van der Waals surface area contributed by atoms with Crippen LogP contribution in [0.4, 0.5) is 5.69 Å². The van der Waals surface area contributed by atoms with Gasteiger partial charge in [0, 0.05) is 4.47 Å². The zero-order valence-corrected chi connectivity index (χ0v) is 15.4. The van der Waals surface area contributed by atoms with E-state index in [4.69, 9.17) is 4.42 Å². The topological polar surface area (TPSA) is 93.3 Å². The summed E-state index contributed by atoms with van der Waals surface area (Å²) in [5, 5.41) is 5.23. The van der Waals surface area contributed by atoms with E-state index in [1.54, 1.807) is 49.4 Å². The van der Waals surface area contributed by atoms with Crippen molar-refractivity contribution in [3.05, 3.63) is 63.6 Å². The van der Waals surface area contributed by atoms with Gasteiger partial charge in [0.2, 0.25) is 11.8 Å². The average Bonchev–Trinajstić information content (AvgIpc) is 2.96. The molecule has 0 fully saturated rings. The molecule has 1 atom stereocenters. The van der Waals surface area contributed by atoms with Crippen molar-refractivity contribution in [2.45, 2.75) is 13.0 Å². The fourth-order valence-electron chi connectivity index (χ4n) is 2.54. The van der Waals surface area contributed by atoms with Crippen LogP contribution in [0.25, 0.3) is 11.1 Å². The third kappa shape index (κ3) is 3.70. The molecule has 7 nitrogen and oxygen atoms in total. The lowest BCUT2D eigenvalue weighted by atomic mass is 10.2. The highest BCUT2D eigenvalue weighted by Crippen LogP contribution is 2.21. The summed E-state index contributed by atoms with van der Waals surface area (Å²) in [5.74, 6) is -1.45. The molecular formula is C18H16BrN3O4. The second-order valence-corrected chi connectivity index (χ2v) is 6.48. The first-order chi connectivity index (χ1) is 12.5. The van der Waals surface area contributed by atoms with Gasteiger partial charge in [0.15, 0.2) is 5.58 Å². The highest BCUT2D eigenvalue weighted by atomic mass is 79.9. The second kappa shape index (κ2) is 7.57. The van der Waals surface area contributed by atoms with Gasteiger partial charge in [0.1, 0.15) is 6.04 Å². The molecule has 0 radical (unpaired) electrons. The Bertz CT molecular complexity index is 1020. The molecule has 2 N–H and O–H groups in total. The molecule has 0 aliphatic rings. The Morgan fingerprint density at radius 3 is 2.62 bits per heavy atom. The molecule has 0 bridgehead atoms. The number of nitrogens with zero attached hydrogens (tertiary/aromatic N) is 1. The Balaban J connectivity index is 1.66. The van der Waals surface area contributed by atoms with E-state index < -0.39 is 17.7 Å². The Morgan fingerprint density at radius 1 is 1.15 bits per heavy atom. The van der Waals surface area contributed by atoms with E-state index in [1.165, 1.54) is 4.57 Å². The minimum atomic E-state index is -0.817. The van der Waals surface area contributed by atoms with Gasteiger partial charge in [-0.05, 0) is 47.1 Å². The molecule has 0 spiro atoms. The predicted octanol–water partition coefficient (Wildman–Crippen LogP) is 2.67. The summed E-state index contributed by atoms with van der Waals surface area (Å²) < 4.78 is 7.13. The number of hydrogen-bond acceptors (Lipinski definition) is 4. The molecule has 26 heavy (non-hydrogen) atoms. The summed E-state index contributed by atoms with van der Waals surface area (Å²) in [5.41, 5.74) is 1.54. The van der Waals surface area contributed by atoms with Crippen LogP contribution in [0.2, 0.25) is 0 Å². The highest BCUT2D eigenvalue weighted by molar-refractivity contribution is 9.10. The summed E-state index contributed by atoms with van der Waals surface area (Å²) in [6, 6.07) is 13.2. The lowest BCUT2D eigenvalue weighted by molar-refractivity contribution is -0.126. The Morgan fingerprint density at radius 2 is 1.85 bits per heavy atom. The van der Waals surface area contributed by atoms with Crippen LogP contribution < -0.4 is 16.4 Å². The summed E-state index contributed by atoms with van der Waals surface area (Å²) in [4.78, 5) is 36.4. The maximum Gasteiger partial charge on any atom is 0.420 e. The van der Waals surface area contributed by atoms with Crippen LogP contribution in [-0.4, -0.2) is 22.9 Å². The van der Waals surface area contributed by atoms with E-state index in [2.05, 4.69) is 26.6 Å². The molecule has 0 aliphatic heterocycles. The van der Waals surface area contributed by atoms with Crippen molar-refractivity contribution in [2.75, 3.05) is 11.9 Å².